The van der Waals surface area contributed by atoms with Crippen LogP contribution < -0.4 is 4.74 Å². The minimum atomic E-state index is 0.124. The number of nitrogens with zero attached hydrogens (tertiary/aromatic N) is 2. The van der Waals surface area contributed by atoms with E-state index in [2.05, 4.69) is 9.97 Å². The zero-order valence-electron chi connectivity index (χ0n) is 9.97. The van der Waals surface area contributed by atoms with Crippen LogP contribution in [-0.4, -0.2) is 16.1 Å². The van der Waals surface area contributed by atoms with Crippen molar-refractivity contribution in [1.82, 2.24) is 9.97 Å². The van der Waals surface area contributed by atoms with E-state index in [1.807, 2.05) is 19.1 Å². The van der Waals surface area contributed by atoms with Crippen LogP contribution >= 0.6 is 0 Å². The summed E-state index contributed by atoms with van der Waals surface area (Å²) >= 11 is 0. The van der Waals surface area contributed by atoms with Crippen molar-refractivity contribution in [2.45, 2.75) is 19.4 Å². The van der Waals surface area contributed by atoms with Crippen LogP contribution in [0.2, 0.25) is 0 Å². The number of fused-ring (bicyclic) bond motifs is 1. The minimum absolute atomic E-state index is 0.124. The van der Waals surface area contributed by atoms with Gasteiger partial charge < -0.3 is 4.74 Å². The molecule has 3 rings (SSSR count). The van der Waals surface area contributed by atoms with Crippen LogP contribution in [0.1, 0.15) is 13.9 Å². The molecule has 0 N–H and O–H groups in total. The van der Waals surface area contributed by atoms with Gasteiger partial charge in [-0.15, -0.1) is 0 Å². The van der Waals surface area contributed by atoms with Crippen LogP contribution in [0.4, 0.5) is 0 Å². The Kier molecular flexibility index (Phi) is 1.86. The summed E-state index contributed by atoms with van der Waals surface area (Å²) in [4.78, 5) is 8.13. The van der Waals surface area contributed by atoms with E-state index in [-0.39, 0.29) is 6.10 Å². The highest BCUT2D eigenvalue weighted by molar-refractivity contribution is 5.71. The van der Waals surface area contributed by atoms with Crippen LogP contribution in [-0.2, 0) is 6.42 Å². The van der Waals surface area contributed by atoms with Crippen molar-refractivity contribution >= 4 is 0 Å². The standard InChI is InChI=1S/C13H12N2O/c1-9-6-11-7-15-8-12(13(11)16-9)10-2-4-14-5-3-10/h2-5,7-9H,6H2,1H3/i7D. The van der Waals surface area contributed by atoms with Crippen LogP contribution in [0, 0.1) is 0 Å². The third kappa shape index (κ3) is 1.45. The number of ether oxygens (including phenoxy) is 1. The van der Waals surface area contributed by atoms with Gasteiger partial charge in [0.15, 0.2) is 0 Å². The molecule has 3 heteroatoms. The van der Waals surface area contributed by atoms with Gasteiger partial charge in [-0.3, -0.25) is 9.97 Å². The average molecular weight is 213 g/mol. The molecule has 0 saturated heterocycles. The lowest BCUT2D eigenvalue weighted by atomic mass is 10.1. The zero-order chi connectivity index (χ0) is 11.8. The molecule has 16 heavy (non-hydrogen) atoms. The van der Waals surface area contributed by atoms with Gasteiger partial charge in [-0.2, -0.15) is 0 Å². The van der Waals surface area contributed by atoms with Gasteiger partial charge in [0.05, 0.1) is 1.37 Å². The van der Waals surface area contributed by atoms with Crippen molar-refractivity contribution in [2.75, 3.05) is 0 Å². The molecule has 0 aromatic carbocycles. The Hall–Kier alpha value is -1.90. The van der Waals surface area contributed by atoms with Crippen molar-refractivity contribution in [1.29, 1.82) is 0 Å². The second kappa shape index (κ2) is 3.59. The fourth-order valence-electron chi connectivity index (χ4n) is 1.99. The van der Waals surface area contributed by atoms with Crippen LogP contribution in [0.15, 0.2) is 36.9 Å². The Labute approximate surface area is 95.5 Å². The van der Waals surface area contributed by atoms with Crippen LogP contribution in [0.3, 0.4) is 0 Å². The molecule has 1 aliphatic rings. The van der Waals surface area contributed by atoms with E-state index < -0.39 is 0 Å². The molecule has 0 amide bonds. The highest BCUT2D eigenvalue weighted by Crippen LogP contribution is 2.37. The Balaban J connectivity index is 2.18. The fourth-order valence-corrected chi connectivity index (χ4v) is 1.99. The van der Waals surface area contributed by atoms with Crippen LogP contribution in [0.25, 0.3) is 11.1 Å². The molecule has 3 nitrogen and oxygen atoms in total. The molecule has 0 saturated carbocycles. The summed E-state index contributed by atoms with van der Waals surface area (Å²) in [6.07, 6.45) is 6.40. The summed E-state index contributed by atoms with van der Waals surface area (Å²) in [7, 11) is 0. The Morgan fingerprint density at radius 2 is 2.19 bits per heavy atom. The molecule has 1 atom stereocenters. The van der Waals surface area contributed by atoms with E-state index in [4.69, 9.17) is 6.11 Å². The van der Waals surface area contributed by atoms with Gasteiger partial charge in [0, 0.05) is 42.3 Å². The summed E-state index contributed by atoms with van der Waals surface area (Å²) < 4.78 is 13.6. The molecular weight excluding hydrogens is 200 g/mol. The molecule has 0 spiro atoms. The maximum atomic E-state index is 7.80. The lowest BCUT2D eigenvalue weighted by Gasteiger charge is -2.08. The number of hydrogen-bond donors (Lipinski definition) is 0. The largest absolute Gasteiger partial charge is 0.489 e. The highest BCUT2D eigenvalue weighted by atomic mass is 16.5. The first-order chi connectivity index (χ1) is 8.25. The average Bonchev–Trinajstić information content (AvgIpc) is 2.73. The first-order valence-electron chi connectivity index (χ1n) is 5.81. The number of hydrogen-bond acceptors (Lipinski definition) is 3. The van der Waals surface area contributed by atoms with E-state index in [9.17, 15) is 0 Å². The maximum absolute atomic E-state index is 7.80. The second-order valence-corrected chi connectivity index (χ2v) is 3.96. The second-order valence-electron chi connectivity index (χ2n) is 3.96. The molecule has 80 valence electrons. The SMILES string of the molecule is [2H]c1ncc(-c2ccncc2)c2c1CC(C)O2. The van der Waals surface area contributed by atoms with Gasteiger partial charge in [-0.25, -0.2) is 0 Å². The number of pyridine rings is 2. The first-order valence-corrected chi connectivity index (χ1v) is 5.31. The lowest BCUT2D eigenvalue weighted by molar-refractivity contribution is 0.255. The molecule has 0 bridgehead atoms. The highest BCUT2D eigenvalue weighted by Gasteiger charge is 2.22. The maximum Gasteiger partial charge on any atom is 0.133 e. The smallest absolute Gasteiger partial charge is 0.133 e. The van der Waals surface area contributed by atoms with Crippen molar-refractivity contribution < 1.29 is 6.11 Å². The summed E-state index contributed by atoms with van der Waals surface area (Å²) in [6.45, 7) is 2.01. The van der Waals surface area contributed by atoms with Gasteiger partial charge in [0.25, 0.3) is 0 Å². The monoisotopic (exact) mass is 213 g/mol. The molecular formula is C13H12N2O. The molecule has 1 unspecified atom stereocenters. The summed E-state index contributed by atoms with van der Waals surface area (Å²) in [6, 6.07) is 3.85. The lowest BCUT2D eigenvalue weighted by Crippen LogP contribution is -2.05. The van der Waals surface area contributed by atoms with Gasteiger partial charge in [-0.1, -0.05) is 0 Å². The minimum Gasteiger partial charge on any atom is -0.489 e. The quantitative estimate of drug-likeness (QED) is 0.730. The predicted octanol–water partition coefficient (Wildman–Crippen LogP) is 2.47. The van der Waals surface area contributed by atoms with Crippen molar-refractivity contribution in [3.05, 3.63) is 42.5 Å². The Morgan fingerprint density at radius 3 is 3.00 bits per heavy atom. The summed E-state index contributed by atoms with van der Waals surface area (Å²) in [5.74, 6) is 0.809. The van der Waals surface area contributed by atoms with Gasteiger partial charge in [0.1, 0.15) is 11.9 Å². The predicted molar refractivity (Wildman–Crippen MR) is 61.3 cm³/mol. The number of rotatable bonds is 1. The third-order valence-corrected chi connectivity index (χ3v) is 2.71. The van der Waals surface area contributed by atoms with Crippen molar-refractivity contribution in [2.24, 2.45) is 0 Å². The molecule has 1 aliphatic heterocycles. The van der Waals surface area contributed by atoms with Crippen LogP contribution in [0.5, 0.6) is 5.75 Å². The van der Waals surface area contributed by atoms with E-state index in [0.717, 1.165) is 28.9 Å². The molecule has 0 fully saturated rings. The van der Waals surface area contributed by atoms with E-state index >= 15 is 0 Å². The van der Waals surface area contributed by atoms with Gasteiger partial charge in [0.2, 0.25) is 0 Å². The van der Waals surface area contributed by atoms with Crippen molar-refractivity contribution in [3.63, 3.8) is 0 Å². The molecule has 0 radical (unpaired) electrons. The van der Waals surface area contributed by atoms with E-state index in [0.29, 0.717) is 6.17 Å². The van der Waals surface area contributed by atoms with E-state index in [1.54, 1.807) is 18.6 Å². The molecule has 2 aromatic heterocycles. The fraction of sp³-hybridized carbons (Fsp3) is 0.231. The summed E-state index contributed by atoms with van der Waals surface area (Å²) in [5.41, 5.74) is 2.88. The molecule has 2 aromatic rings. The Bertz CT molecular complexity index is 557. The molecule has 3 heterocycles. The van der Waals surface area contributed by atoms with Gasteiger partial charge in [-0.05, 0) is 24.6 Å². The number of aromatic nitrogens is 2. The first kappa shape index (κ1) is 8.28. The Morgan fingerprint density at radius 1 is 1.38 bits per heavy atom. The topological polar surface area (TPSA) is 35.0 Å². The van der Waals surface area contributed by atoms with Crippen molar-refractivity contribution in [3.8, 4) is 16.9 Å². The summed E-state index contributed by atoms with van der Waals surface area (Å²) in [5, 5.41) is 0. The molecule has 0 aliphatic carbocycles. The normalized spacial score (nSPS) is 18.8. The van der Waals surface area contributed by atoms with E-state index in [1.165, 1.54) is 0 Å². The van der Waals surface area contributed by atoms with Gasteiger partial charge >= 0.3 is 0 Å². The zero-order valence-corrected chi connectivity index (χ0v) is 8.97. The third-order valence-electron chi connectivity index (χ3n) is 2.71.